The van der Waals surface area contributed by atoms with Crippen LogP contribution in [0.15, 0.2) is 42.5 Å². The van der Waals surface area contributed by atoms with Gasteiger partial charge in [0.1, 0.15) is 44.2 Å². The van der Waals surface area contributed by atoms with Gasteiger partial charge in [-0.1, -0.05) is 24.3 Å². The number of amides is 1. The van der Waals surface area contributed by atoms with Crippen molar-refractivity contribution in [2.45, 2.75) is 13.5 Å². The molecule has 1 heterocycles. The van der Waals surface area contributed by atoms with Gasteiger partial charge in [-0.3, -0.25) is 4.79 Å². The molecule has 0 spiro atoms. The van der Waals surface area contributed by atoms with E-state index in [1.807, 2.05) is 12.1 Å². The number of piperazine rings is 1. The summed E-state index contributed by atoms with van der Waals surface area (Å²) in [6, 6.07) is 14.0. The summed E-state index contributed by atoms with van der Waals surface area (Å²) in [5, 5.41) is 2.97. The van der Waals surface area contributed by atoms with Crippen LogP contribution < -0.4 is 24.6 Å². The van der Waals surface area contributed by atoms with Gasteiger partial charge in [0.25, 0.3) is 5.91 Å². The second-order valence-corrected chi connectivity index (χ2v) is 7.39. The highest BCUT2D eigenvalue weighted by Crippen LogP contribution is 2.28. The fraction of sp³-hybridized carbons (Fsp3) is 0.409. The van der Waals surface area contributed by atoms with Crippen LogP contribution in [0.25, 0.3) is 0 Å². The highest BCUT2D eigenvalue weighted by atomic mass is 16.5. The van der Waals surface area contributed by atoms with E-state index in [0.29, 0.717) is 23.7 Å². The molecule has 28 heavy (non-hydrogen) atoms. The third-order valence-electron chi connectivity index (χ3n) is 5.46. The van der Waals surface area contributed by atoms with Crippen molar-refractivity contribution < 1.29 is 24.1 Å². The molecule has 6 nitrogen and oxygen atoms in total. The van der Waals surface area contributed by atoms with E-state index in [1.165, 1.54) is 16.0 Å². The van der Waals surface area contributed by atoms with E-state index in [0.717, 1.165) is 32.7 Å². The minimum atomic E-state index is 0.0146. The van der Waals surface area contributed by atoms with Gasteiger partial charge in [0.05, 0.1) is 19.9 Å². The van der Waals surface area contributed by atoms with Crippen molar-refractivity contribution in [3.05, 3.63) is 53.6 Å². The molecule has 0 aromatic heterocycles. The van der Waals surface area contributed by atoms with E-state index in [4.69, 9.17) is 9.47 Å². The van der Waals surface area contributed by atoms with Gasteiger partial charge in [-0.2, -0.15) is 0 Å². The Hall–Kier alpha value is -2.57. The number of carbonyl (C=O) groups is 1. The molecule has 1 aliphatic rings. The monoisotopic (exact) mass is 385 g/mol. The molecule has 0 radical (unpaired) electrons. The quantitative estimate of drug-likeness (QED) is 0.626. The Kier molecular flexibility index (Phi) is 6.90. The number of quaternary nitrogens is 2. The molecule has 0 aliphatic carbocycles. The number of carbonyl (C=O) groups excluding carboxylic acids is 1. The fourth-order valence-corrected chi connectivity index (χ4v) is 3.71. The Morgan fingerprint density at radius 2 is 1.71 bits per heavy atom. The van der Waals surface area contributed by atoms with Crippen LogP contribution in [0.3, 0.4) is 0 Å². The van der Waals surface area contributed by atoms with Crippen LogP contribution in [-0.4, -0.2) is 52.9 Å². The molecule has 0 bridgehead atoms. The fourth-order valence-electron chi connectivity index (χ4n) is 3.71. The third-order valence-corrected chi connectivity index (χ3v) is 5.46. The van der Waals surface area contributed by atoms with Crippen molar-refractivity contribution >= 4 is 11.6 Å². The van der Waals surface area contributed by atoms with E-state index in [1.54, 1.807) is 25.2 Å². The molecule has 1 saturated heterocycles. The maximum absolute atomic E-state index is 12.5. The Bertz CT molecular complexity index is 801. The highest BCUT2D eigenvalue weighted by Gasteiger charge is 2.25. The minimum absolute atomic E-state index is 0.0146. The van der Waals surface area contributed by atoms with Crippen molar-refractivity contribution in [3.8, 4) is 11.5 Å². The Morgan fingerprint density at radius 1 is 1.00 bits per heavy atom. The Morgan fingerprint density at radius 3 is 2.39 bits per heavy atom. The standard InChI is InChI=1S/C22H29N3O3/c1-17-6-4-5-7-18(17)15-24-10-12-25(13-11-24)16-22(26)23-20-9-8-19(27-2)14-21(20)28-3/h4-9,14H,10-13,15-16H2,1-3H3,(H,23,26)/p+2. The predicted molar refractivity (Wildman–Crippen MR) is 109 cm³/mol. The number of aryl methyl sites for hydroxylation is 1. The van der Waals surface area contributed by atoms with Crippen LogP contribution in [-0.2, 0) is 11.3 Å². The van der Waals surface area contributed by atoms with E-state index in [2.05, 4.69) is 36.5 Å². The summed E-state index contributed by atoms with van der Waals surface area (Å²) >= 11 is 0. The van der Waals surface area contributed by atoms with Crippen molar-refractivity contribution in [2.24, 2.45) is 0 Å². The van der Waals surface area contributed by atoms with Crippen molar-refractivity contribution in [1.82, 2.24) is 0 Å². The van der Waals surface area contributed by atoms with Gasteiger partial charge in [-0.05, 0) is 24.6 Å². The molecule has 3 N–H and O–H groups in total. The molecular weight excluding hydrogens is 354 g/mol. The van der Waals surface area contributed by atoms with Gasteiger partial charge in [-0.25, -0.2) is 0 Å². The molecular formula is C22H31N3O3+2. The molecule has 0 saturated carbocycles. The lowest BCUT2D eigenvalue weighted by atomic mass is 10.1. The maximum Gasteiger partial charge on any atom is 0.279 e. The zero-order valence-corrected chi connectivity index (χ0v) is 17.0. The van der Waals surface area contributed by atoms with Crippen LogP contribution in [0.2, 0.25) is 0 Å². The lowest BCUT2D eigenvalue weighted by molar-refractivity contribution is -1.02. The van der Waals surface area contributed by atoms with Gasteiger partial charge >= 0.3 is 0 Å². The van der Waals surface area contributed by atoms with E-state index in [-0.39, 0.29) is 5.91 Å². The zero-order valence-electron chi connectivity index (χ0n) is 17.0. The molecule has 1 fully saturated rings. The van der Waals surface area contributed by atoms with Crippen molar-refractivity contribution in [2.75, 3.05) is 52.3 Å². The summed E-state index contributed by atoms with van der Waals surface area (Å²) in [6.45, 7) is 7.91. The first kappa shape index (κ1) is 20.2. The summed E-state index contributed by atoms with van der Waals surface area (Å²) in [4.78, 5) is 15.4. The molecule has 3 rings (SSSR count). The summed E-state index contributed by atoms with van der Waals surface area (Å²) in [6.07, 6.45) is 0. The average Bonchev–Trinajstić information content (AvgIpc) is 2.71. The molecule has 2 aromatic carbocycles. The van der Waals surface area contributed by atoms with Crippen LogP contribution in [0.4, 0.5) is 5.69 Å². The van der Waals surface area contributed by atoms with Crippen molar-refractivity contribution in [3.63, 3.8) is 0 Å². The second kappa shape index (κ2) is 9.57. The number of nitrogens with one attached hydrogen (secondary N) is 3. The lowest BCUT2D eigenvalue weighted by Crippen LogP contribution is -3.28. The smallest absolute Gasteiger partial charge is 0.279 e. The number of ether oxygens (including phenoxy) is 2. The number of rotatable bonds is 7. The van der Waals surface area contributed by atoms with Crippen LogP contribution in [0.5, 0.6) is 11.5 Å². The first-order valence-corrected chi connectivity index (χ1v) is 9.82. The van der Waals surface area contributed by atoms with Crippen LogP contribution in [0.1, 0.15) is 11.1 Å². The summed E-state index contributed by atoms with van der Waals surface area (Å²) in [7, 11) is 3.20. The predicted octanol–water partition coefficient (Wildman–Crippen LogP) is -0.0657. The van der Waals surface area contributed by atoms with E-state index < -0.39 is 0 Å². The molecule has 0 atom stereocenters. The average molecular weight is 386 g/mol. The molecule has 1 aliphatic heterocycles. The molecule has 0 unspecified atom stereocenters. The van der Waals surface area contributed by atoms with E-state index in [9.17, 15) is 4.79 Å². The van der Waals surface area contributed by atoms with Crippen molar-refractivity contribution in [1.29, 1.82) is 0 Å². The first-order valence-electron chi connectivity index (χ1n) is 9.82. The van der Waals surface area contributed by atoms with Gasteiger partial charge in [-0.15, -0.1) is 0 Å². The lowest BCUT2D eigenvalue weighted by Gasteiger charge is -2.29. The summed E-state index contributed by atoms with van der Waals surface area (Å²) in [5.74, 6) is 1.32. The Balaban J connectivity index is 1.48. The number of benzene rings is 2. The van der Waals surface area contributed by atoms with E-state index >= 15 is 0 Å². The molecule has 150 valence electrons. The largest absolute Gasteiger partial charge is 0.497 e. The maximum atomic E-state index is 12.5. The van der Waals surface area contributed by atoms with Gasteiger partial charge < -0.3 is 24.6 Å². The molecule has 2 aromatic rings. The van der Waals surface area contributed by atoms with Crippen LogP contribution >= 0.6 is 0 Å². The number of methoxy groups -OCH3 is 2. The second-order valence-electron chi connectivity index (χ2n) is 7.39. The first-order chi connectivity index (χ1) is 13.6. The normalized spacial score (nSPS) is 19.1. The topological polar surface area (TPSA) is 56.4 Å². The number of anilines is 1. The summed E-state index contributed by atoms with van der Waals surface area (Å²) < 4.78 is 10.6. The highest BCUT2D eigenvalue weighted by molar-refractivity contribution is 5.93. The minimum Gasteiger partial charge on any atom is -0.497 e. The van der Waals surface area contributed by atoms with Gasteiger partial charge in [0.15, 0.2) is 6.54 Å². The molecule has 6 heteroatoms. The third kappa shape index (κ3) is 5.24. The number of hydrogen-bond acceptors (Lipinski definition) is 3. The SMILES string of the molecule is COc1ccc(NC(=O)C[NH+]2CC[NH+](Cc3ccccc3C)CC2)c(OC)c1. The zero-order chi connectivity index (χ0) is 19.9. The Labute approximate surface area is 167 Å². The van der Waals surface area contributed by atoms with Crippen LogP contribution in [0, 0.1) is 6.92 Å². The summed E-state index contributed by atoms with van der Waals surface area (Å²) in [5.41, 5.74) is 3.46. The number of hydrogen-bond donors (Lipinski definition) is 3. The van der Waals surface area contributed by atoms with Gasteiger partial charge in [0, 0.05) is 11.6 Å². The molecule has 1 amide bonds. The van der Waals surface area contributed by atoms with Gasteiger partial charge in [0.2, 0.25) is 0 Å².